The second-order valence-corrected chi connectivity index (χ2v) is 8.20. The minimum absolute atomic E-state index is 0.105. The number of methoxy groups -OCH3 is 1. The highest BCUT2D eigenvalue weighted by molar-refractivity contribution is 5.99. The zero-order valence-corrected chi connectivity index (χ0v) is 17.9. The zero-order valence-electron chi connectivity index (χ0n) is 17.9. The zero-order chi connectivity index (χ0) is 22.2. The van der Waals surface area contributed by atoms with E-state index in [-0.39, 0.29) is 30.4 Å². The number of hydrogen-bond acceptors (Lipinski definition) is 7. The fourth-order valence-corrected chi connectivity index (χ4v) is 4.57. The van der Waals surface area contributed by atoms with Crippen molar-refractivity contribution in [3.8, 4) is 22.6 Å². The predicted molar refractivity (Wildman–Crippen MR) is 117 cm³/mol. The van der Waals surface area contributed by atoms with E-state index >= 15 is 4.39 Å². The number of ether oxygens (including phenoxy) is 1. The molecule has 32 heavy (non-hydrogen) atoms. The molecule has 1 amide bonds. The number of halogens is 1. The van der Waals surface area contributed by atoms with Crippen LogP contribution in [0.15, 0.2) is 24.7 Å². The summed E-state index contributed by atoms with van der Waals surface area (Å²) in [4.78, 5) is 27.6. The maximum atomic E-state index is 15.1. The quantitative estimate of drug-likeness (QED) is 0.646. The fourth-order valence-electron chi connectivity index (χ4n) is 4.57. The van der Waals surface area contributed by atoms with Crippen molar-refractivity contribution in [3.63, 3.8) is 0 Å². The molecule has 10 heteroatoms. The molecule has 1 saturated carbocycles. The van der Waals surface area contributed by atoms with Crippen LogP contribution < -0.4 is 10.2 Å². The van der Waals surface area contributed by atoms with Gasteiger partial charge >= 0.3 is 0 Å². The van der Waals surface area contributed by atoms with Gasteiger partial charge in [0.15, 0.2) is 17.5 Å². The predicted octanol–water partition coefficient (Wildman–Crippen LogP) is 3.09. The third kappa shape index (κ3) is 3.60. The molecule has 0 spiro atoms. The summed E-state index contributed by atoms with van der Waals surface area (Å²) in [6.45, 7) is 1.93. The Hall–Kier alpha value is -3.40. The van der Waals surface area contributed by atoms with Gasteiger partial charge < -0.3 is 15.0 Å². The highest BCUT2D eigenvalue weighted by Crippen LogP contribution is 2.36. The van der Waals surface area contributed by atoms with Crippen molar-refractivity contribution in [1.82, 2.24) is 25.1 Å². The highest BCUT2D eigenvalue weighted by atomic mass is 19.1. The van der Waals surface area contributed by atoms with Crippen molar-refractivity contribution in [2.75, 3.05) is 23.9 Å². The Morgan fingerprint density at radius 3 is 2.66 bits per heavy atom. The number of amides is 1. The van der Waals surface area contributed by atoms with Crippen LogP contribution >= 0.6 is 0 Å². The van der Waals surface area contributed by atoms with Crippen LogP contribution in [-0.4, -0.2) is 56.9 Å². The Morgan fingerprint density at radius 1 is 1.16 bits per heavy atom. The van der Waals surface area contributed by atoms with E-state index in [9.17, 15) is 4.79 Å². The van der Waals surface area contributed by atoms with E-state index in [1.54, 1.807) is 26.3 Å². The van der Waals surface area contributed by atoms with Crippen LogP contribution in [0.1, 0.15) is 31.2 Å². The van der Waals surface area contributed by atoms with Gasteiger partial charge in [0.1, 0.15) is 12.1 Å². The molecule has 3 aromatic rings. The molecule has 1 aliphatic carbocycles. The molecule has 2 aromatic heterocycles. The summed E-state index contributed by atoms with van der Waals surface area (Å²) in [5, 5.41) is 9.29. The first-order chi connectivity index (χ1) is 15.5. The number of nitrogens with one attached hydrogen (secondary N) is 2. The second-order valence-electron chi connectivity index (χ2n) is 8.20. The molecule has 0 saturated heterocycles. The normalized spacial score (nSPS) is 20.7. The van der Waals surface area contributed by atoms with Crippen molar-refractivity contribution in [2.45, 2.75) is 44.8 Å². The smallest absolute Gasteiger partial charge is 0.245 e. The van der Waals surface area contributed by atoms with Gasteiger partial charge in [0.05, 0.1) is 30.1 Å². The van der Waals surface area contributed by atoms with Crippen LogP contribution in [0.4, 0.5) is 16.0 Å². The van der Waals surface area contributed by atoms with Crippen molar-refractivity contribution < 1.29 is 13.9 Å². The Bertz CT molecular complexity index is 1140. The summed E-state index contributed by atoms with van der Waals surface area (Å²) >= 11 is 0. The number of aromatic amines is 1. The van der Waals surface area contributed by atoms with Gasteiger partial charge in [0.25, 0.3) is 0 Å². The van der Waals surface area contributed by atoms with Crippen LogP contribution in [0.3, 0.4) is 0 Å². The summed E-state index contributed by atoms with van der Waals surface area (Å²) < 4.78 is 20.6. The Morgan fingerprint density at radius 2 is 1.94 bits per heavy atom. The number of benzene rings is 1. The summed E-state index contributed by atoms with van der Waals surface area (Å²) in [5.41, 5.74) is 1.98. The van der Waals surface area contributed by atoms with Gasteiger partial charge in [-0.2, -0.15) is 5.10 Å². The first kappa shape index (κ1) is 20.5. The number of H-pyrrole nitrogens is 1. The van der Waals surface area contributed by atoms with Gasteiger partial charge in [-0.15, -0.1) is 0 Å². The van der Waals surface area contributed by atoms with E-state index in [0.29, 0.717) is 39.8 Å². The van der Waals surface area contributed by atoms with E-state index < -0.39 is 0 Å². The van der Waals surface area contributed by atoms with Gasteiger partial charge in [-0.1, -0.05) is 6.07 Å². The second kappa shape index (κ2) is 8.27. The van der Waals surface area contributed by atoms with Gasteiger partial charge in [0, 0.05) is 18.7 Å². The number of fused-ring (bicyclic) bond motifs is 1. The van der Waals surface area contributed by atoms with Crippen molar-refractivity contribution in [1.29, 1.82) is 0 Å². The first-order valence-electron chi connectivity index (χ1n) is 10.7. The lowest BCUT2D eigenvalue weighted by atomic mass is 9.91. The summed E-state index contributed by atoms with van der Waals surface area (Å²) in [6, 6.07) is 3.65. The van der Waals surface area contributed by atoms with E-state index in [0.717, 1.165) is 25.7 Å². The average Bonchev–Trinajstić information content (AvgIpc) is 3.35. The van der Waals surface area contributed by atoms with Gasteiger partial charge in [-0.05, 0) is 44.2 Å². The first-order valence-corrected chi connectivity index (χ1v) is 10.7. The molecule has 2 N–H and O–H groups in total. The Balaban J connectivity index is 1.50. The Labute approximate surface area is 184 Å². The van der Waals surface area contributed by atoms with Gasteiger partial charge in [0.2, 0.25) is 5.91 Å². The monoisotopic (exact) mass is 437 g/mol. The molecule has 0 atom stereocenters. The molecule has 1 aromatic carbocycles. The van der Waals surface area contributed by atoms with E-state index in [1.807, 2.05) is 11.0 Å². The maximum absolute atomic E-state index is 15.1. The van der Waals surface area contributed by atoms with E-state index in [1.165, 1.54) is 6.33 Å². The number of rotatable bonds is 4. The van der Waals surface area contributed by atoms with Crippen molar-refractivity contribution in [3.05, 3.63) is 36.0 Å². The van der Waals surface area contributed by atoms with Crippen LogP contribution in [-0.2, 0) is 9.53 Å². The Kier molecular flexibility index (Phi) is 5.30. The average molecular weight is 437 g/mol. The summed E-state index contributed by atoms with van der Waals surface area (Å²) in [7, 11) is 1.74. The maximum Gasteiger partial charge on any atom is 0.245 e. The minimum atomic E-state index is -0.387. The molecule has 2 aliphatic rings. The molecular weight excluding hydrogens is 413 g/mol. The van der Waals surface area contributed by atoms with Crippen molar-refractivity contribution in [2.24, 2.45) is 0 Å². The number of anilines is 2. The lowest BCUT2D eigenvalue weighted by molar-refractivity contribution is -0.115. The van der Waals surface area contributed by atoms with Crippen LogP contribution in [0, 0.1) is 12.7 Å². The number of nitrogens with zero attached hydrogens (tertiary/aromatic N) is 5. The molecular formula is C22H24FN7O2. The number of hydrogen-bond donors (Lipinski definition) is 2. The molecule has 1 fully saturated rings. The van der Waals surface area contributed by atoms with Crippen molar-refractivity contribution >= 4 is 17.5 Å². The third-order valence-electron chi connectivity index (χ3n) is 6.35. The lowest BCUT2D eigenvalue weighted by Crippen LogP contribution is -2.47. The van der Waals surface area contributed by atoms with E-state index in [2.05, 4.69) is 25.5 Å². The van der Waals surface area contributed by atoms with E-state index in [4.69, 9.17) is 9.72 Å². The molecule has 0 unspecified atom stereocenters. The molecule has 0 bridgehead atoms. The van der Waals surface area contributed by atoms with Crippen LogP contribution in [0.25, 0.3) is 22.6 Å². The number of carbonyl (C=O) groups is 1. The molecule has 1 aliphatic heterocycles. The fraction of sp³-hybridized carbons (Fsp3) is 0.409. The topological polar surface area (TPSA) is 109 Å². The lowest BCUT2D eigenvalue weighted by Gasteiger charge is -2.39. The third-order valence-corrected chi connectivity index (χ3v) is 6.35. The van der Waals surface area contributed by atoms with Gasteiger partial charge in [-0.25, -0.2) is 19.3 Å². The SMILES string of the molecule is COC1CCC(N2CC(=O)Nc3ncc(-c4ccc(-c5ncn[nH]5)c(F)c4C)nc32)CC1. The van der Waals surface area contributed by atoms with Gasteiger partial charge in [-0.3, -0.25) is 9.89 Å². The molecule has 3 heterocycles. The summed E-state index contributed by atoms with van der Waals surface area (Å²) in [5.74, 6) is 0.945. The standard InChI is InChI=1S/C22H24FN7O2/c1-12-15(7-8-16(19(12)23)20-25-11-26-29-20)17-9-24-21-22(27-17)30(10-18(31)28-21)13-3-5-14(32-2)6-4-13/h7-9,11,13-14H,3-6,10H2,1-2H3,(H,24,28,31)(H,25,26,29). The molecule has 0 radical (unpaired) electrons. The molecule has 5 rings (SSSR count). The molecule has 166 valence electrons. The van der Waals surface area contributed by atoms with Crippen LogP contribution in [0.2, 0.25) is 0 Å². The minimum Gasteiger partial charge on any atom is -0.381 e. The van der Waals surface area contributed by atoms with Crippen LogP contribution in [0.5, 0.6) is 0 Å². The number of aromatic nitrogens is 5. The highest BCUT2D eigenvalue weighted by Gasteiger charge is 2.33. The largest absolute Gasteiger partial charge is 0.381 e. The molecule has 9 nitrogen and oxygen atoms in total. The number of carbonyl (C=O) groups excluding carboxylic acids is 1. The summed E-state index contributed by atoms with van der Waals surface area (Å²) in [6.07, 6.45) is 6.88.